The van der Waals surface area contributed by atoms with Crippen LogP contribution in [-0.2, 0) is 24.1 Å². The van der Waals surface area contributed by atoms with Crippen LogP contribution in [0.4, 0.5) is 5.69 Å². The largest absolute Gasteiger partial charge is 0.493 e. The third-order valence-electron chi connectivity index (χ3n) is 6.26. The fourth-order valence-corrected chi connectivity index (χ4v) is 4.31. The number of aryl methyl sites for hydroxylation is 1. The lowest BCUT2D eigenvalue weighted by molar-refractivity contribution is -0.130. The molecule has 6 heteroatoms. The molecular weight excluding hydrogens is 402 g/mol. The third kappa shape index (κ3) is 6.39. The van der Waals surface area contributed by atoms with E-state index in [1.54, 1.807) is 14.2 Å². The van der Waals surface area contributed by atoms with Crippen molar-refractivity contribution in [3.63, 3.8) is 0 Å². The van der Waals surface area contributed by atoms with Crippen LogP contribution in [0.15, 0.2) is 36.4 Å². The first-order valence-corrected chi connectivity index (χ1v) is 11.5. The second-order valence-electron chi connectivity index (χ2n) is 8.49. The fraction of sp³-hybridized carbons (Fsp3) is 0.500. The van der Waals surface area contributed by atoms with Crippen LogP contribution in [0.1, 0.15) is 29.5 Å². The molecule has 1 heterocycles. The maximum atomic E-state index is 12.7. The molecule has 32 heavy (non-hydrogen) atoms. The molecule has 0 saturated carbocycles. The van der Waals surface area contributed by atoms with E-state index in [0.717, 1.165) is 69.0 Å². The summed E-state index contributed by atoms with van der Waals surface area (Å²) in [6.07, 6.45) is 4.52. The summed E-state index contributed by atoms with van der Waals surface area (Å²) in [5, 5.41) is 3.19. The smallest absolute Gasteiger partial charge is 0.227 e. The number of methoxy groups -OCH3 is 2. The molecule has 0 radical (unpaired) electrons. The molecular formula is C26H37N3O3. The van der Waals surface area contributed by atoms with Gasteiger partial charge in [-0.25, -0.2) is 0 Å². The van der Waals surface area contributed by atoms with E-state index < -0.39 is 0 Å². The molecule has 6 nitrogen and oxygen atoms in total. The Kier molecular flexibility index (Phi) is 8.80. The molecule has 1 aliphatic heterocycles. The van der Waals surface area contributed by atoms with E-state index in [0.29, 0.717) is 6.42 Å². The number of rotatable bonds is 11. The summed E-state index contributed by atoms with van der Waals surface area (Å²) in [4.78, 5) is 17.1. The monoisotopic (exact) mass is 439 g/mol. The van der Waals surface area contributed by atoms with E-state index in [2.05, 4.69) is 47.6 Å². The molecule has 0 aliphatic carbocycles. The van der Waals surface area contributed by atoms with Crippen LogP contribution < -0.4 is 14.8 Å². The van der Waals surface area contributed by atoms with Crippen LogP contribution in [0.3, 0.4) is 0 Å². The van der Waals surface area contributed by atoms with Crippen molar-refractivity contribution in [3.05, 3.63) is 53.1 Å². The summed E-state index contributed by atoms with van der Waals surface area (Å²) >= 11 is 0. The van der Waals surface area contributed by atoms with Crippen molar-refractivity contribution in [3.8, 4) is 11.5 Å². The van der Waals surface area contributed by atoms with Gasteiger partial charge in [0.05, 0.1) is 20.6 Å². The van der Waals surface area contributed by atoms with Crippen LogP contribution in [0.2, 0.25) is 0 Å². The number of carbonyl (C=O) groups excluding carboxylic acids is 1. The highest BCUT2D eigenvalue weighted by atomic mass is 16.5. The van der Waals surface area contributed by atoms with Gasteiger partial charge in [-0.15, -0.1) is 0 Å². The normalized spacial score (nSPS) is 13.7. The molecule has 0 fully saturated rings. The highest BCUT2D eigenvalue weighted by molar-refractivity contribution is 5.80. The number of ether oxygens (including phenoxy) is 2. The maximum absolute atomic E-state index is 12.7. The van der Waals surface area contributed by atoms with Crippen molar-refractivity contribution in [1.82, 2.24) is 9.80 Å². The minimum atomic E-state index is 0.247. The maximum Gasteiger partial charge on any atom is 0.227 e. The number of hydrogen-bond donors (Lipinski definition) is 1. The average Bonchev–Trinajstić information content (AvgIpc) is 2.96. The summed E-state index contributed by atoms with van der Waals surface area (Å²) in [6.45, 7) is 3.65. The molecule has 2 aromatic rings. The standard InChI is InChI=1S/C26H37N3O3/c1-27-23-10-9-21-19-26(30)29(16-12-22(21)18-23)15-6-14-28(2)13-5-7-20-8-11-24(31-3)25(17-20)32-4/h8-11,17-18,27H,5-7,12-16,19H2,1-4H3. The first kappa shape index (κ1) is 23.9. The predicted molar refractivity (Wildman–Crippen MR) is 130 cm³/mol. The average molecular weight is 440 g/mol. The number of nitrogens with one attached hydrogen (secondary N) is 1. The Labute approximate surface area is 192 Å². The lowest BCUT2D eigenvalue weighted by Gasteiger charge is -2.23. The van der Waals surface area contributed by atoms with Gasteiger partial charge in [0.2, 0.25) is 5.91 Å². The zero-order valence-electron chi connectivity index (χ0n) is 19.9. The zero-order chi connectivity index (χ0) is 22.9. The first-order valence-electron chi connectivity index (χ1n) is 11.5. The van der Waals surface area contributed by atoms with Crippen LogP contribution >= 0.6 is 0 Å². The quantitative estimate of drug-likeness (QED) is 0.580. The summed E-state index contributed by atoms with van der Waals surface area (Å²) < 4.78 is 10.7. The van der Waals surface area contributed by atoms with E-state index in [9.17, 15) is 4.79 Å². The Morgan fingerprint density at radius 2 is 1.78 bits per heavy atom. The number of amides is 1. The molecule has 1 amide bonds. The Morgan fingerprint density at radius 1 is 1.00 bits per heavy atom. The second kappa shape index (κ2) is 11.8. The van der Waals surface area contributed by atoms with Gasteiger partial charge in [-0.3, -0.25) is 4.79 Å². The van der Waals surface area contributed by atoms with Crippen LogP contribution in [0.25, 0.3) is 0 Å². The molecule has 0 saturated heterocycles. The number of benzene rings is 2. The zero-order valence-corrected chi connectivity index (χ0v) is 19.9. The van der Waals surface area contributed by atoms with Gasteiger partial charge < -0.3 is 24.6 Å². The van der Waals surface area contributed by atoms with Crippen molar-refractivity contribution >= 4 is 11.6 Å². The van der Waals surface area contributed by atoms with Crippen LogP contribution in [0.5, 0.6) is 11.5 Å². The number of nitrogens with zero attached hydrogens (tertiary/aromatic N) is 2. The van der Waals surface area contributed by atoms with Gasteiger partial charge in [-0.1, -0.05) is 12.1 Å². The minimum Gasteiger partial charge on any atom is -0.493 e. The van der Waals surface area contributed by atoms with Gasteiger partial charge in [0, 0.05) is 25.8 Å². The molecule has 1 N–H and O–H groups in total. The van der Waals surface area contributed by atoms with Gasteiger partial charge in [0.25, 0.3) is 0 Å². The molecule has 0 unspecified atom stereocenters. The van der Waals surface area contributed by atoms with Crippen molar-refractivity contribution in [2.24, 2.45) is 0 Å². The SMILES string of the molecule is CNc1ccc2c(c1)CCN(CCCN(C)CCCc1ccc(OC)c(OC)c1)C(=O)C2. The molecule has 0 bridgehead atoms. The van der Waals surface area contributed by atoms with E-state index in [-0.39, 0.29) is 5.91 Å². The molecule has 1 aliphatic rings. The van der Waals surface area contributed by atoms with Gasteiger partial charge in [0.1, 0.15) is 0 Å². The van der Waals surface area contributed by atoms with Crippen molar-refractivity contribution in [2.45, 2.75) is 32.1 Å². The Bertz CT molecular complexity index is 900. The minimum absolute atomic E-state index is 0.247. The highest BCUT2D eigenvalue weighted by Gasteiger charge is 2.20. The predicted octanol–water partition coefficient (Wildman–Crippen LogP) is 3.63. The van der Waals surface area contributed by atoms with Crippen LogP contribution in [0, 0.1) is 0 Å². The van der Waals surface area contributed by atoms with Gasteiger partial charge >= 0.3 is 0 Å². The van der Waals surface area contributed by atoms with Gasteiger partial charge in [0.15, 0.2) is 11.5 Å². The second-order valence-corrected chi connectivity index (χ2v) is 8.49. The van der Waals surface area contributed by atoms with Gasteiger partial charge in [-0.2, -0.15) is 0 Å². The highest BCUT2D eigenvalue weighted by Crippen LogP contribution is 2.28. The van der Waals surface area contributed by atoms with E-state index in [1.165, 1.54) is 16.7 Å². The van der Waals surface area contributed by atoms with Crippen molar-refractivity contribution < 1.29 is 14.3 Å². The third-order valence-corrected chi connectivity index (χ3v) is 6.26. The van der Waals surface area contributed by atoms with E-state index >= 15 is 0 Å². The van der Waals surface area contributed by atoms with Crippen molar-refractivity contribution in [1.29, 1.82) is 0 Å². The molecule has 3 rings (SSSR count). The van der Waals surface area contributed by atoms with Crippen molar-refractivity contribution in [2.75, 3.05) is 59.8 Å². The number of anilines is 1. The molecule has 2 aromatic carbocycles. The molecule has 174 valence electrons. The Balaban J connectivity index is 1.39. The molecule has 0 aromatic heterocycles. The van der Waals surface area contributed by atoms with E-state index in [1.807, 2.05) is 18.0 Å². The lowest BCUT2D eigenvalue weighted by Crippen LogP contribution is -2.35. The van der Waals surface area contributed by atoms with E-state index in [4.69, 9.17) is 9.47 Å². The molecule has 0 atom stereocenters. The number of hydrogen-bond acceptors (Lipinski definition) is 5. The number of fused-ring (bicyclic) bond motifs is 1. The Morgan fingerprint density at radius 3 is 2.53 bits per heavy atom. The lowest BCUT2D eigenvalue weighted by atomic mass is 10.0. The fourth-order valence-electron chi connectivity index (χ4n) is 4.31. The molecule has 0 spiro atoms. The first-order chi connectivity index (χ1) is 15.5. The topological polar surface area (TPSA) is 54.0 Å². The summed E-state index contributed by atoms with van der Waals surface area (Å²) in [6, 6.07) is 12.4. The number of carbonyl (C=O) groups is 1. The Hall–Kier alpha value is -2.73. The summed E-state index contributed by atoms with van der Waals surface area (Å²) in [5.41, 5.74) is 4.83. The van der Waals surface area contributed by atoms with Crippen LogP contribution in [-0.4, -0.2) is 70.2 Å². The summed E-state index contributed by atoms with van der Waals surface area (Å²) in [5.74, 6) is 1.80. The van der Waals surface area contributed by atoms with Gasteiger partial charge in [-0.05, 0) is 86.8 Å². The summed E-state index contributed by atoms with van der Waals surface area (Å²) in [7, 11) is 7.42.